The average Bonchev–Trinajstić information content (AvgIpc) is 3.14. The van der Waals surface area contributed by atoms with Gasteiger partial charge < -0.3 is 4.52 Å². The van der Waals surface area contributed by atoms with Crippen LogP contribution < -0.4 is 4.90 Å². The van der Waals surface area contributed by atoms with Crippen molar-refractivity contribution in [1.29, 1.82) is 0 Å². The van der Waals surface area contributed by atoms with Gasteiger partial charge in [0.25, 0.3) is 0 Å². The molecule has 0 N–H and O–H groups in total. The van der Waals surface area contributed by atoms with Crippen molar-refractivity contribution < 1.29 is 17.7 Å². The van der Waals surface area contributed by atoms with E-state index >= 15 is 0 Å². The summed E-state index contributed by atoms with van der Waals surface area (Å²) in [6.07, 6.45) is 3.65. The maximum atomic E-state index is 13.0. The molecule has 1 atom stereocenters. The van der Waals surface area contributed by atoms with Crippen LogP contribution in [-0.2, 0) is 28.4 Å². The minimum atomic E-state index is -3.60. The molecule has 1 aliphatic rings. The lowest BCUT2D eigenvalue weighted by molar-refractivity contribution is -0.123. The van der Waals surface area contributed by atoms with Gasteiger partial charge in [-0.2, -0.15) is 9.40 Å². The van der Waals surface area contributed by atoms with E-state index in [1.54, 1.807) is 22.7 Å². The van der Waals surface area contributed by atoms with Crippen LogP contribution in [0.3, 0.4) is 0 Å². The van der Waals surface area contributed by atoms with Gasteiger partial charge in [0.15, 0.2) is 0 Å². The van der Waals surface area contributed by atoms with Crippen LogP contribution in [0.5, 0.6) is 0 Å². The van der Waals surface area contributed by atoms with E-state index in [-0.39, 0.29) is 12.5 Å². The zero-order chi connectivity index (χ0) is 18.2. The van der Waals surface area contributed by atoms with Crippen molar-refractivity contribution in [3.8, 4) is 0 Å². The number of piperidine rings is 1. The van der Waals surface area contributed by atoms with Crippen LogP contribution in [-0.4, -0.2) is 52.4 Å². The highest BCUT2D eigenvalue weighted by Gasteiger charge is 2.39. The molecule has 1 aliphatic heterocycles. The second-order valence-corrected chi connectivity index (χ2v) is 8.15. The zero-order valence-electron chi connectivity index (χ0n) is 14.4. The lowest BCUT2D eigenvalue weighted by Crippen LogP contribution is -2.54. The highest BCUT2D eigenvalue weighted by Crippen LogP contribution is 2.26. The van der Waals surface area contributed by atoms with Gasteiger partial charge in [-0.15, -0.1) is 0 Å². The van der Waals surface area contributed by atoms with Crippen LogP contribution in [0.15, 0.2) is 22.9 Å². The Hall–Kier alpha value is -2.20. The first-order chi connectivity index (χ1) is 11.8. The first-order valence-corrected chi connectivity index (χ1v) is 9.80. The van der Waals surface area contributed by atoms with Crippen molar-refractivity contribution in [2.75, 3.05) is 17.7 Å². The number of amides is 1. The van der Waals surface area contributed by atoms with E-state index in [1.165, 1.54) is 10.6 Å². The lowest BCUT2D eigenvalue weighted by Gasteiger charge is -2.36. The Balaban J connectivity index is 1.91. The van der Waals surface area contributed by atoms with E-state index in [0.29, 0.717) is 30.9 Å². The summed E-state index contributed by atoms with van der Waals surface area (Å²) < 4.78 is 32.2. The van der Waals surface area contributed by atoms with Gasteiger partial charge in [0.05, 0.1) is 24.2 Å². The maximum Gasteiger partial charge on any atom is 0.246 e. The summed E-state index contributed by atoms with van der Waals surface area (Å²) in [4.78, 5) is 14.6. The fourth-order valence-corrected chi connectivity index (χ4v) is 4.16. The van der Waals surface area contributed by atoms with Crippen LogP contribution in [0, 0.1) is 6.92 Å². The number of hydrogen-bond acceptors (Lipinski definition) is 6. The molecule has 0 radical (unpaired) electrons. The molecule has 1 amide bonds. The van der Waals surface area contributed by atoms with E-state index < -0.39 is 16.1 Å². The van der Waals surface area contributed by atoms with Gasteiger partial charge in [-0.1, -0.05) is 5.16 Å². The maximum absolute atomic E-state index is 13.0. The molecule has 1 saturated heterocycles. The summed E-state index contributed by atoms with van der Waals surface area (Å²) in [7, 11) is -1.84. The first kappa shape index (κ1) is 17.6. The van der Waals surface area contributed by atoms with E-state index in [4.69, 9.17) is 4.52 Å². The molecule has 0 bridgehead atoms. The van der Waals surface area contributed by atoms with Gasteiger partial charge in [0.1, 0.15) is 18.1 Å². The number of sulfonamides is 1. The Labute approximate surface area is 146 Å². The van der Waals surface area contributed by atoms with Gasteiger partial charge in [-0.05, 0) is 19.8 Å². The number of hydrogen-bond donors (Lipinski definition) is 0. The van der Waals surface area contributed by atoms with Gasteiger partial charge in [0.2, 0.25) is 15.9 Å². The molecule has 0 saturated carbocycles. The number of nitrogens with zero attached hydrogens (tertiary/aromatic N) is 5. The smallest absolute Gasteiger partial charge is 0.246 e. The second kappa shape index (κ2) is 6.60. The third kappa shape index (κ3) is 3.59. The van der Waals surface area contributed by atoms with Crippen molar-refractivity contribution in [3.63, 3.8) is 0 Å². The Bertz CT molecular complexity index is 859. The molecule has 0 spiro atoms. The zero-order valence-corrected chi connectivity index (χ0v) is 15.2. The largest absolute Gasteiger partial charge is 0.364 e. The highest BCUT2D eigenvalue weighted by atomic mass is 32.2. The average molecular weight is 367 g/mol. The summed E-state index contributed by atoms with van der Waals surface area (Å²) in [6, 6.07) is 2.65. The SMILES string of the molecule is Cc1cc(N2CCC[C@H](N(Cc3ccon3)S(C)(=O)=O)C2=O)n(C)n1. The number of aryl methyl sites for hydroxylation is 2. The van der Waals surface area contributed by atoms with Crippen molar-refractivity contribution >= 4 is 21.7 Å². The van der Waals surface area contributed by atoms with Crippen molar-refractivity contribution in [2.45, 2.75) is 32.4 Å². The summed E-state index contributed by atoms with van der Waals surface area (Å²) in [5, 5.41) is 8.03. The standard InChI is InChI=1S/C15H21N5O4S/c1-11-9-14(18(2)16-11)19-7-4-5-13(15(19)21)20(25(3,22)23)10-12-6-8-24-17-12/h6,8-9,13H,4-5,7,10H2,1-3H3/t13-/m0/s1. The molecule has 3 rings (SSSR count). The molecule has 0 unspecified atom stereocenters. The van der Waals surface area contributed by atoms with E-state index in [9.17, 15) is 13.2 Å². The summed E-state index contributed by atoms with van der Waals surface area (Å²) in [5.74, 6) is 0.422. The number of rotatable bonds is 5. The first-order valence-electron chi connectivity index (χ1n) is 7.95. The fourth-order valence-electron chi connectivity index (χ4n) is 3.14. The molecular weight excluding hydrogens is 346 g/mol. The number of carbonyl (C=O) groups is 1. The molecule has 25 heavy (non-hydrogen) atoms. The fraction of sp³-hybridized carbons (Fsp3) is 0.533. The third-order valence-electron chi connectivity index (χ3n) is 4.25. The molecule has 0 aliphatic carbocycles. The highest BCUT2D eigenvalue weighted by molar-refractivity contribution is 7.88. The van der Waals surface area contributed by atoms with Crippen LogP contribution in [0.1, 0.15) is 24.2 Å². The lowest BCUT2D eigenvalue weighted by atomic mass is 10.0. The monoisotopic (exact) mass is 367 g/mol. The number of anilines is 1. The molecule has 2 aromatic rings. The molecule has 9 nitrogen and oxygen atoms in total. The molecule has 0 aromatic carbocycles. The number of carbonyl (C=O) groups excluding carboxylic acids is 1. The molecule has 2 aromatic heterocycles. The van der Waals surface area contributed by atoms with E-state index in [1.807, 2.05) is 13.0 Å². The minimum Gasteiger partial charge on any atom is -0.364 e. The Morgan fingerprint density at radius 3 is 2.76 bits per heavy atom. The number of aromatic nitrogens is 3. The Morgan fingerprint density at radius 2 is 2.20 bits per heavy atom. The topological polar surface area (TPSA) is 102 Å². The normalized spacial score (nSPS) is 19.0. The van der Waals surface area contributed by atoms with Gasteiger partial charge in [-0.3, -0.25) is 14.4 Å². The van der Waals surface area contributed by atoms with Crippen LogP contribution in [0.4, 0.5) is 5.82 Å². The Morgan fingerprint density at radius 1 is 1.44 bits per heavy atom. The molecular formula is C15H21N5O4S. The molecule has 10 heteroatoms. The van der Waals surface area contributed by atoms with Crippen molar-refractivity contribution in [1.82, 2.24) is 19.2 Å². The Kier molecular flexibility index (Phi) is 4.65. The summed E-state index contributed by atoms with van der Waals surface area (Å²) >= 11 is 0. The summed E-state index contributed by atoms with van der Waals surface area (Å²) in [6.45, 7) is 2.39. The van der Waals surface area contributed by atoms with Gasteiger partial charge >= 0.3 is 0 Å². The van der Waals surface area contributed by atoms with Crippen LogP contribution in [0.2, 0.25) is 0 Å². The van der Waals surface area contributed by atoms with E-state index in [2.05, 4.69) is 10.3 Å². The predicted octanol–water partition coefficient (Wildman–Crippen LogP) is 0.674. The van der Waals surface area contributed by atoms with E-state index in [0.717, 1.165) is 11.9 Å². The molecule has 136 valence electrons. The second-order valence-electron chi connectivity index (χ2n) is 6.21. The van der Waals surface area contributed by atoms with Crippen molar-refractivity contribution in [3.05, 3.63) is 29.8 Å². The summed E-state index contributed by atoms with van der Waals surface area (Å²) in [5.41, 5.74) is 1.27. The van der Waals surface area contributed by atoms with Crippen molar-refractivity contribution in [2.24, 2.45) is 7.05 Å². The van der Waals surface area contributed by atoms with Gasteiger partial charge in [-0.25, -0.2) is 8.42 Å². The van der Waals surface area contributed by atoms with Crippen LogP contribution >= 0.6 is 0 Å². The molecule has 1 fully saturated rings. The predicted molar refractivity (Wildman–Crippen MR) is 90.2 cm³/mol. The van der Waals surface area contributed by atoms with Crippen LogP contribution in [0.25, 0.3) is 0 Å². The quantitative estimate of drug-likeness (QED) is 0.770. The van der Waals surface area contributed by atoms with Gasteiger partial charge in [0, 0.05) is 25.7 Å². The minimum absolute atomic E-state index is 0.00396. The third-order valence-corrected chi connectivity index (χ3v) is 5.48. The molecule has 3 heterocycles.